The van der Waals surface area contributed by atoms with Crippen molar-refractivity contribution in [3.05, 3.63) is 17.9 Å². The fourth-order valence-electron chi connectivity index (χ4n) is 1.60. The lowest BCUT2D eigenvalue weighted by Gasteiger charge is -2.23. The smallest absolute Gasteiger partial charge is 0.379 e. The monoisotopic (exact) mass is 183 g/mol. The maximum Gasteiger partial charge on any atom is 0.379 e. The molecule has 13 heavy (non-hydrogen) atoms. The highest BCUT2D eigenvalue weighted by atomic mass is 16.5. The number of hydroxylamine groups is 1. The summed E-state index contributed by atoms with van der Waals surface area (Å²) < 4.78 is 5.31. The van der Waals surface area contributed by atoms with Crippen molar-refractivity contribution in [2.45, 2.75) is 24.8 Å². The lowest BCUT2D eigenvalue weighted by atomic mass is 9.93. The number of rotatable bonds is 3. The molecular formula is C9H13NO3. The highest BCUT2D eigenvalue weighted by molar-refractivity contribution is 5.81. The largest absolute Gasteiger partial charge is 0.623 e. The average Bonchev–Trinajstić information content (AvgIpc) is 2.48. The van der Waals surface area contributed by atoms with Crippen LogP contribution in [0.15, 0.2) is 12.7 Å². The first kappa shape index (κ1) is 9.77. The first-order valence-corrected chi connectivity index (χ1v) is 4.16. The molecule has 1 atom stereocenters. The molecule has 72 valence electrons. The molecule has 0 N–H and O–H groups in total. The van der Waals surface area contributed by atoms with Gasteiger partial charge < -0.3 is 9.94 Å². The molecular weight excluding hydrogens is 170 g/mol. The van der Waals surface area contributed by atoms with Crippen molar-refractivity contribution in [3.63, 3.8) is 0 Å². The molecule has 1 rings (SSSR count). The SMILES string of the molecule is C=CC[C@]1(C(=O)OC)CCC=[N+]1[O-]. The first-order chi connectivity index (χ1) is 6.17. The molecule has 0 unspecified atom stereocenters. The van der Waals surface area contributed by atoms with Crippen molar-refractivity contribution in [2.75, 3.05) is 7.11 Å². The molecule has 0 aliphatic carbocycles. The van der Waals surface area contributed by atoms with Gasteiger partial charge >= 0.3 is 5.97 Å². The molecule has 0 aromatic rings. The number of esters is 1. The topological polar surface area (TPSA) is 52.4 Å². The summed E-state index contributed by atoms with van der Waals surface area (Å²) in [6, 6.07) is 0. The molecule has 0 saturated heterocycles. The predicted molar refractivity (Wildman–Crippen MR) is 48.5 cm³/mol. The van der Waals surface area contributed by atoms with Gasteiger partial charge in [-0.3, -0.25) is 0 Å². The Morgan fingerprint density at radius 1 is 1.92 bits per heavy atom. The van der Waals surface area contributed by atoms with Crippen molar-refractivity contribution in [3.8, 4) is 0 Å². The van der Waals surface area contributed by atoms with Crippen molar-refractivity contribution in [1.29, 1.82) is 0 Å². The van der Waals surface area contributed by atoms with Gasteiger partial charge in [-0.2, -0.15) is 4.74 Å². The third-order valence-corrected chi connectivity index (χ3v) is 2.32. The third kappa shape index (κ3) is 1.43. The number of ether oxygens (including phenoxy) is 1. The van der Waals surface area contributed by atoms with Gasteiger partial charge in [0.1, 0.15) is 0 Å². The van der Waals surface area contributed by atoms with E-state index >= 15 is 0 Å². The van der Waals surface area contributed by atoms with Crippen LogP contribution in [0.1, 0.15) is 19.3 Å². The Labute approximate surface area is 77.1 Å². The van der Waals surface area contributed by atoms with Crippen LogP contribution in [0.4, 0.5) is 0 Å². The lowest BCUT2D eigenvalue weighted by Crippen LogP contribution is -2.44. The van der Waals surface area contributed by atoms with Crippen LogP contribution in [0.5, 0.6) is 0 Å². The maximum absolute atomic E-state index is 11.4. The van der Waals surface area contributed by atoms with Crippen LogP contribution >= 0.6 is 0 Å². The quantitative estimate of drug-likeness (QED) is 0.282. The maximum atomic E-state index is 11.4. The highest BCUT2D eigenvalue weighted by Crippen LogP contribution is 2.27. The number of nitrogens with zero attached hydrogens (tertiary/aromatic N) is 1. The zero-order valence-electron chi connectivity index (χ0n) is 7.66. The zero-order valence-corrected chi connectivity index (χ0v) is 7.66. The fourth-order valence-corrected chi connectivity index (χ4v) is 1.60. The van der Waals surface area contributed by atoms with Crippen LogP contribution in [0.3, 0.4) is 0 Å². The Morgan fingerprint density at radius 3 is 3.00 bits per heavy atom. The van der Waals surface area contributed by atoms with Gasteiger partial charge in [-0.25, -0.2) is 4.79 Å². The van der Waals surface area contributed by atoms with Crippen molar-refractivity contribution >= 4 is 12.2 Å². The molecule has 0 bridgehead atoms. The van der Waals surface area contributed by atoms with E-state index in [0.717, 1.165) is 0 Å². The predicted octanol–water partition coefficient (Wildman–Crippen LogP) is 0.849. The summed E-state index contributed by atoms with van der Waals surface area (Å²) in [5, 5.41) is 11.4. The van der Waals surface area contributed by atoms with Gasteiger partial charge in [-0.05, 0) is 0 Å². The van der Waals surface area contributed by atoms with Gasteiger partial charge in [-0.15, -0.1) is 6.58 Å². The molecule has 0 spiro atoms. The van der Waals surface area contributed by atoms with Gasteiger partial charge in [0, 0.05) is 19.3 Å². The molecule has 0 radical (unpaired) electrons. The summed E-state index contributed by atoms with van der Waals surface area (Å²) in [4.78, 5) is 11.4. The fraction of sp³-hybridized carbons (Fsp3) is 0.556. The number of hydrogen-bond acceptors (Lipinski definition) is 3. The van der Waals surface area contributed by atoms with Gasteiger partial charge in [0.05, 0.1) is 7.11 Å². The van der Waals surface area contributed by atoms with Gasteiger partial charge in [0.25, 0.3) is 5.54 Å². The second-order valence-electron chi connectivity index (χ2n) is 3.06. The number of carbonyl (C=O) groups is 1. The minimum absolute atomic E-state index is 0.333. The van der Waals surface area contributed by atoms with E-state index in [4.69, 9.17) is 0 Å². The van der Waals surface area contributed by atoms with Crippen LogP contribution in [0.2, 0.25) is 0 Å². The summed E-state index contributed by atoms with van der Waals surface area (Å²) in [5.74, 6) is -0.476. The summed E-state index contributed by atoms with van der Waals surface area (Å²) in [5.41, 5.74) is -1.05. The van der Waals surface area contributed by atoms with E-state index in [1.54, 1.807) is 6.08 Å². The van der Waals surface area contributed by atoms with Crippen LogP contribution in [-0.4, -0.2) is 29.6 Å². The van der Waals surface area contributed by atoms with Crippen molar-refractivity contribution in [2.24, 2.45) is 0 Å². The molecule has 0 saturated carbocycles. The van der Waals surface area contributed by atoms with Gasteiger partial charge in [0.15, 0.2) is 6.21 Å². The van der Waals surface area contributed by atoms with E-state index in [-0.39, 0.29) is 0 Å². The Bertz CT molecular complexity index is 260. The van der Waals surface area contributed by atoms with Crippen molar-refractivity contribution < 1.29 is 14.3 Å². The van der Waals surface area contributed by atoms with E-state index in [1.165, 1.54) is 13.3 Å². The minimum Gasteiger partial charge on any atom is -0.623 e. The Hall–Kier alpha value is -1.32. The van der Waals surface area contributed by atoms with E-state index in [9.17, 15) is 10.0 Å². The molecule has 0 amide bonds. The van der Waals surface area contributed by atoms with Gasteiger partial charge in [-0.1, -0.05) is 6.08 Å². The second-order valence-corrected chi connectivity index (χ2v) is 3.06. The van der Waals surface area contributed by atoms with Crippen LogP contribution in [0.25, 0.3) is 0 Å². The normalized spacial score (nSPS) is 26.7. The highest BCUT2D eigenvalue weighted by Gasteiger charge is 2.49. The summed E-state index contributed by atoms with van der Waals surface area (Å²) in [7, 11) is 1.29. The second kappa shape index (κ2) is 3.60. The van der Waals surface area contributed by atoms with E-state index < -0.39 is 11.5 Å². The number of carbonyl (C=O) groups excluding carboxylic acids is 1. The van der Waals surface area contributed by atoms with E-state index in [0.29, 0.717) is 24.0 Å². The van der Waals surface area contributed by atoms with Crippen LogP contribution in [0, 0.1) is 5.21 Å². The van der Waals surface area contributed by atoms with Crippen LogP contribution < -0.4 is 0 Å². The third-order valence-electron chi connectivity index (χ3n) is 2.32. The van der Waals surface area contributed by atoms with E-state index in [2.05, 4.69) is 11.3 Å². The molecule has 0 aromatic heterocycles. The molecule has 1 aliphatic heterocycles. The van der Waals surface area contributed by atoms with Crippen molar-refractivity contribution in [1.82, 2.24) is 0 Å². The zero-order chi connectivity index (χ0) is 9.90. The molecule has 4 heteroatoms. The number of hydrogen-bond donors (Lipinski definition) is 0. The van der Waals surface area contributed by atoms with Gasteiger partial charge in [0.2, 0.25) is 0 Å². The Morgan fingerprint density at radius 2 is 2.62 bits per heavy atom. The molecule has 1 heterocycles. The first-order valence-electron chi connectivity index (χ1n) is 4.16. The average molecular weight is 183 g/mol. The molecule has 0 fully saturated rings. The molecule has 4 nitrogen and oxygen atoms in total. The summed E-state index contributed by atoms with van der Waals surface area (Å²) in [6.07, 6.45) is 4.50. The van der Waals surface area contributed by atoms with E-state index in [1.807, 2.05) is 0 Å². The minimum atomic E-state index is -1.05. The molecule has 0 aromatic carbocycles. The number of methoxy groups -OCH3 is 1. The summed E-state index contributed by atoms with van der Waals surface area (Å²) in [6.45, 7) is 3.53. The lowest BCUT2D eigenvalue weighted by molar-refractivity contribution is -0.522. The Kier molecular flexibility index (Phi) is 2.70. The standard InChI is InChI=1S/C9H13NO3/c1-3-5-9(8(11)13-2)6-4-7-10(9)12/h3,7H,1,4-6H2,2H3/t9-/m1/s1. The summed E-state index contributed by atoms with van der Waals surface area (Å²) >= 11 is 0. The Balaban J connectivity index is 2.94. The van der Waals surface area contributed by atoms with Crippen LogP contribution in [-0.2, 0) is 9.53 Å². The molecule has 1 aliphatic rings.